The summed E-state index contributed by atoms with van der Waals surface area (Å²) in [7, 11) is 0. The zero-order valence-electron chi connectivity index (χ0n) is 19.1. The standard InChI is InChI=1S/C23H46O2/c1-17(14-21(3,4)5)12-13-19(18(2)15-22(6,7)8)20(24)25-16-23(9,10)11/h17-19H,12-16H2,1-11H3. The molecule has 0 fully saturated rings. The van der Waals surface area contributed by atoms with Crippen molar-refractivity contribution in [2.45, 2.75) is 102 Å². The highest BCUT2D eigenvalue weighted by molar-refractivity contribution is 5.72. The normalized spacial score (nSPS) is 17.1. The van der Waals surface area contributed by atoms with Gasteiger partial charge < -0.3 is 4.74 Å². The molecule has 3 unspecified atom stereocenters. The highest BCUT2D eigenvalue weighted by Gasteiger charge is 2.31. The fraction of sp³-hybridized carbons (Fsp3) is 0.957. The first-order valence-corrected chi connectivity index (χ1v) is 10.2. The molecule has 0 aromatic rings. The van der Waals surface area contributed by atoms with Gasteiger partial charge in [0.15, 0.2) is 0 Å². The lowest BCUT2D eigenvalue weighted by Gasteiger charge is -2.31. The first-order chi connectivity index (χ1) is 11.0. The second kappa shape index (κ2) is 9.42. The van der Waals surface area contributed by atoms with Crippen molar-refractivity contribution in [3.63, 3.8) is 0 Å². The molecule has 0 aliphatic rings. The topological polar surface area (TPSA) is 26.3 Å². The third-order valence-corrected chi connectivity index (χ3v) is 4.50. The average molecular weight is 355 g/mol. The van der Waals surface area contributed by atoms with Crippen molar-refractivity contribution in [1.82, 2.24) is 0 Å². The molecule has 150 valence electrons. The van der Waals surface area contributed by atoms with Gasteiger partial charge in [0, 0.05) is 0 Å². The number of rotatable bonds is 8. The fourth-order valence-corrected chi connectivity index (χ4v) is 3.75. The summed E-state index contributed by atoms with van der Waals surface area (Å²) >= 11 is 0. The van der Waals surface area contributed by atoms with Gasteiger partial charge in [-0.05, 0) is 53.8 Å². The van der Waals surface area contributed by atoms with E-state index in [0.717, 1.165) is 19.3 Å². The van der Waals surface area contributed by atoms with Crippen LogP contribution in [0.1, 0.15) is 102 Å². The van der Waals surface area contributed by atoms with Crippen LogP contribution >= 0.6 is 0 Å². The zero-order chi connectivity index (χ0) is 20.1. The Bertz CT molecular complexity index is 390. The van der Waals surface area contributed by atoms with Crippen molar-refractivity contribution in [1.29, 1.82) is 0 Å². The van der Waals surface area contributed by atoms with Crippen LogP contribution in [-0.2, 0) is 9.53 Å². The Hall–Kier alpha value is -0.530. The van der Waals surface area contributed by atoms with Crippen molar-refractivity contribution in [3.05, 3.63) is 0 Å². The minimum atomic E-state index is 0.00892. The number of hydrogen-bond acceptors (Lipinski definition) is 2. The van der Waals surface area contributed by atoms with E-state index >= 15 is 0 Å². The van der Waals surface area contributed by atoms with Crippen LogP contribution in [0, 0.1) is 34.0 Å². The monoisotopic (exact) mass is 354 g/mol. The summed E-state index contributed by atoms with van der Waals surface area (Å²) in [6.45, 7) is 25.0. The predicted octanol–water partition coefficient (Wildman–Crippen LogP) is 7.12. The zero-order valence-corrected chi connectivity index (χ0v) is 19.1. The van der Waals surface area contributed by atoms with E-state index in [1.807, 2.05) is 0 Å². The molecule has 0 aromatic carbocycles. The molecule has 0 aliphatic heterocycles. The van der Waals surface area contributed by atoms with E-state index in [1.54, 1.807) is 0 Å². The molecular weight excluding hydrogens is 308 g/mol. The predicted molar refractivity (Wildman–Crippen MR) is 110 cm³/mol. The molecule has 3 atom stereocenters. The van der Waals surface area contributed by atoms with Crippen LogP contribution < -0.4 is 0 Å². The summed E-state index contributed by atoms with van der Waals surface area (Å²) in [6, 6.07) is 0. The Kier molecular flexibility index (Phi) is 9.22. The Morgan fingerprint density at radius 3 is 1.64 bits per heavy atom. The molecule has 0 saturated heterocycles. The minimum absolute atomic E-state index is 0.00892. The second-order valence-corrected chi connectivity index (χ2v) is 12.0. The van der Waals surface area contributed by atoms with Crippen LogP contribution in [0.5, 0.6) is 0 Å². The van der Waals surface area contributed by atoms with Crippen molar-refractivity contribution >= 4 is 5.97 Å². The Labute approximate surface area is 158 Å². The third kappa shape index (κ3) is 13.3. The van der Waals surface area contributed by atoms with Crippen LogP contribution in [0.25, 0.3) is 0 Å². The minimum Gasteiger partial charge on any atom is -0.465 e. The van der Waals surface area contributed by atoms with Gasteiger partial charge in [-0.3, -0.25) is 4.79 Å². The van der Waals surface area contributed by atoms with Gasteiger partial charge in [-0.15, -0.1) is 0 Å². The summed E-state index contributed by atoms with van der Waals surface area (Å²) in [6.07, 6.45) is 4.29. The number of carbonyl (C=O) groups is 1. The summed E-state index contributed by atoms with van der Waals surface area (Å²) in [5, 5.41) is 0. The summed E-state index contributed by atoms with van der Waals surface area (Å²) in [5.74, 6) is 1.02. The van der Waals surface area contributed by atoms with Crippen LogP contribution in [0.2, 0.25) is 0 Å². The Morgan fingerprint density at radius 2 is 1.24 bits per heavy atom. The van der Waals surface area contributed by atoms with Crippen LogP contribution in [0.4, 0.5) is 0 Å². The SMILES string of the molecule is CC(CCC(C(=O)OCC(C)(C)C)C(C)CC(C)(C)C)CC(C)(C)C. The number of hydrogen-bond donors (Lipinski definition) is 0. The number of ether oxygens (including phenoxy) is 1. The van der Waals surface area contributed by atoms with E-state index < -0.39 is 0 Å². The van der Waals surface area contributed by atoms with Gasteiger partial charge in [-0.1, -0.05) is 76.2 Å². The maximum Gasteiger partial charge on any atom is 0.309 e. The molecule has 0 aromatic heterocycles. The molecule has 0 N–H and O–H groups in total. The average Bonchev–Trinajstić information content (AvgIpc) is 2.31. The van der Waals surface area contributed by atoms with Crippen molar-refractivity contribution in [3.8, 4) is 0 Å². The summed E-state index contributed by atoms with van der Waals surface area (Å²) < 4.78 is 5.70. The van der Waals surface area contributed by atoms with Gasteiger partial charge in [-0.25, -0.2) is 0 Å². The Morgan fingerprint density at radius 1 is 0.760 bits per heavy atom. The third-order valence-electron chi connectivity index (χ3n) is 4.50. The summed E-state index contributed by atoms with van der Waals surface area (Å²) in [4.78, 5) is 12.8. The smallest absolute Gasteiger partial charge is 0.309 e. The van der Waals surface area contributed by atoms with E-state index in [4.69, 9.17) is 4.74 Å². The van der Waals surface area contributed by atoms with Gasteiger partial charge >= 0.3 is 5.97 Å². The highest BCUT2D eigenvalue weighted by atomic mass is 16.5. The first-order valence-electron chi connectivity index (χ1n) is 10.2. The van der Waals surface area contributed by atoms with Gasteiger partial charge in [0.05, 0.1) is 12.5 Å². The molecular formula is C23H46O2. The summed E-state index contributed by atoms with van der Waals surface area (Å²) in [5.41, 5.74) is 0.602. The van der Waals surface area contributed by atoms with Gasteiger partial charge in [0.2, 0.25) is 0 Å². The quantitative estimate of drug-likeness (QED) is 0.434. The van der Waals surface area contributed by atoms with Gasteiger partial charge in [-0.2, -0.15) is 0 Å². The van der Waals surface area contributed by atoms with Gasteiger partial charge in [0.1, 0.15) is 0 Å². The molecule has 0 bridgehead atoms. The van der Waals surface area contributed by atoms with Crippen LogP contribution in [0.3, 0.4) is 0 Å². The maximum atomic E-state index is 12.8. The van der Waals surface area contributed by atoms with Crippen LogP contribution in [0.15, 0.2) is 0 Å². The van der Waals surface area contributed by atoms with Crippen LogP contribution in [-0.4, -0.2) is 12.6 Å². The molecule has 0 radical (unpaired) electrons. The maximum absolute atomic E-state index is 12.8. The molecule has 0 heterocycles. The molecule has 0 amide bonds. The largest absolute Gasteiger partial charge is 0.465 e. The lowest BCUT2D eigenvalue weighted by Crippen LogP contribution is -2.30. The van der Waals surface area contributed by atoms with Crippen molar-refractivity contribution in [2.24, 2.45) is 34.0 Å². The Balaban J connectivity index is 4.91. The molecule has 0 spiro atoms. The number of carbonyl (C=O) groups excluding carboxylic acids is 1. The lowest BCUT2D eigenvalue weighted by molar-refractivity contribution is -0.154. The van der Waals surface area contributed by atoms with E-state index in [9.17, 15) is 4.79 Å². The molecule has 2 nitrogen and oxygen atoms in total. The fourth-order valence-electron chi connectivity index (χ4n) is 3.75. The molecule has 0 saturated carbocycles. The molecule has 0 aliphatic carbocycles. The van der Waals surface area contributed by atoms with E-state index in [2.05, 4.69) is 76.2 Å². The van der Waals surface area contributed by atoms with Crippen molar-refractivity contribution in [2.75, 3.05) is 6.61 Å². The van der Waals surface area contributed by atoms with Gasteiger partial charge in [0.25, 0.3) is 0 Å². The molecule has 25 heavy (non-hydrogen) atoms. The van der Waals surface area contributed by atoms with E-state index in [1.165, 1.54) is 6.42 Å². The van der Waals surface area contributed by atoms with Crippen molar-refractivity contribution < 1.29 is 9.53 Å². The molecule has 2 heteroatoms. The number of esters is 1. The second-order valence-electron chi connectivity index (χ2n) is 12.0. The first kappa shape index (κ1) is 24.5. The highest BCUT2D eigenvalue weighted by Crippen LogP contribution is 2.34. The lowest BCUT2D eigenvalue weighted by atomic mass is 9.76. The molecule has 0 rings (SSSR count). The van der Waals surface area contributed by atoms with E-state index in [-0.39, 0.29) is 22.7 Å². The van der Waals surface area contributed by atoms with E-state index in [0.29, 0.717) is 23.9 Å².